The Kier molecular flexibility index (Phi) is 8.12. The lowest BCUT2D eigenvalue weighted by Gasteiger charge is -2.38. The number of aliphatic carboxylic acids is 1. The van der Waals surface area contributed by atoms with Gasteiger partial charge in [0.25, 0.3) is 0 Å². The van der Waals surface area contributed by atoms with E-state index in [2.05, 4.69) is 0 Å². The molecular weight excluding hydrogens is 344 g/mol. The van der Waals surface area contributed by atoms with Crippen molar-refractivity contribution in [1.29, 1.82) is 0 Å². The summed E-state index contributed by atoms with van der Waals surface area (Å²) in [7, 11) is 0. The zero-order chi connectivity index (χ0) is 19.5. The summed E-state index contributed by atoms with van der Waals surface area (Å²) >= 11 is 0. The van der Waals surface area contributed by atoms with E-state index in [0.29, 0.717) is 0 Å². The van der Waals surface area contributed by atoms with Crippen LogP contribution in [-0.2, 0) is 14.3 Å². The van der Waals surface area contributed by atoms with E-state index in [9.17, 15) is 35.4 Å². The van der Waals surface area contributed by atoms with Crippen molar-refractivity contribution < 1.29 is 55.1 Å². The number of aliphatic hydroxyl groups is 7. The second kappa shape index (κ2) is 9.16. The lowest BCUT2D eigenvalue weighted by Crippen LogP contribution is -2.58. The number of carboxylic acids is 1. The molecule has 25 heavy (non-hydrogen) atoms. The summed E-state index contributed by atoms with van der Waals surface area (Å²) in [6, 6.07) is 0. The number of carbonyl (C=O) groups is 1. The fourth-order valence-corrected chi connectivity index (χ4v) is 2.54. The predicted molar refractivity (Wildman–Crippen MR) is 79.4 cm³/mol. The molecule has 0 aliphatic carbocycles. The SMILES string of the molecule is CC1OC(C(=O)O)C(O)C(O)C1O.CC1OC(CO)C(O)C(O)C1O. The molecule has 10 unspecified atom stereocenters. The predicted octanol–water partition coefficient (Wildman–Crippen LogP) is -4.21. The number of carboxylic acid groups (broad SMARTS) is 1. The van der Waals surface area contributed by atoms with Gasteiger partial charge in [0.15, 0.2) is 6.10 Å². The van der Waals surface area contributed by atoms with E-state index in [-0.39, 0.29) is 6.61 Å². The Balaban J connectivity index is 0.000000251. The van der Waals surface area contributed by atoms with Crippen LogP contribution in [0.15, 0.2) is 0 Å². The summed E-state index contributed by atoms with van der Waals surface area (Å²) in [6.45, 7) is 2.63. The average Bonchev–Trinajstić information content (AvgIpc) is 2.57. The zero-order valence-electron chi connectivity index (χ0n) is 13.8. The van der Waals surface area contributed by atoms with Crippen molar-refractivity contribution in [3.63, 3.8) is 0 Å². The summed E-state index contributed by atoms with van der Waals surface area (Å²) < 4.78 is 9.80. The molecule has 2 aliphatic heterocycles. The van der Waals surface area contributed by atoms with Gasteiger partial charge in [-0.2, -0.15) is 0 Å². The highest BCUT2D eigenvalue weighted by molar-refractivity contribution is 5.73. The van der Waals surface area contributed by atoms with E-state index in [1.165, 1.54) is 6.92 Å². The molecule has 0 amide bonds. The third-order valence-electron chi connectivity index (χ3n) is 4.23. The molecule has 11 nitrogen and oxygen atoms in total. The molecule has 2 heterocycles. The molecule has 10 atom stereocenters. The van der Waals surface area contributed by atoms with Gasteiger partial charge >= 0.3 is 5.97 Å². The molecule has 0 aromatic carbocycles. The first-order valence-corrected chi connectivity index (χ1v) is 7.75. The van der Waals surface area contributed by atoms with Gasteiger partial charge < -0.3 is 50.3 Å². The molecule has 0 bridgehead atoms. The highest BCUT2D eigenvalue weighted by atomic mass is 16.6. The van der Waals surface area contributed by atoms with Crippen LogP contribution in [0.4, 0.5) is 0 Å². The van der Waals surface area contributed by atoms with Crippen LogP contribution in [0, 0.1) is 0 Å². The second-order valence-corrected chi connectivity index (χ2v) is 6.11. The van der Waals surface area contributed by atoms with Crippen molar-refractivity contribution in [2.24, 2.45) is 0 Å². The maximum atomic E-state index is 10.5. The molecule has 0 aromatic heterocycles. The van der Waals surface area contributed by atoms with Crippen LogP contribution in [0.3, 0.4) is 0 Å². The third-order valence-corrected chi connectivity index (χ3v) is 4.23. The van der Waals surface area contributed by atoms with Gasteiger partial charge in [-0.3, -0.25) is 0 Å². The van der Waals surface area contributed by atoms with Crippen molar-refractivity contribution in [3.8, 4) is 0 Å². The quantitative estimate of drug-likeness (QED) is 0.234. The first-order chi connectivity index (χ1) is 11.5. The van der Waals surface area contributed by atoms with Gasteiger partial charge in [-0.05, 0) is 13.8 Å². The molecule has 2 fully saturated rings. The Morgan fingerprint density at radius 2 is 1.20 bits per heavy atom. The minimum atomic E-state index is -1.59. The van der Waals surface area contributed by atoms with E-state index in [1.807, 2.05) is 0 Å². The number of aliphatic hydroxyl groups excluding tert-OH is 7. The zero-order valence-corrected chi connectivity index (χ0v) is 13.8. The van der Waals surface area contributed by atoms with E-state index in [1.54, 1.807) is 6.92 Å². The molecule has 2 aliphatic rings. The van der Waals surface area contributed by atoms with Crippen molar-refractivity contribution in [2.75, 3.05) is 6.61 Å². The second-order valence-electron chi connectivity index (χ2n) is 6.11. The Labute approximate surface area is 143 Å². The Bertz CT molecular complexity index is 428. The summed E-state index contributed by atoms with van der Waals surface area (Å²) in [4.78, 5) is 10.5. The van der Waals surface area contributed by atoms with E-state index in [4.69, 9.17) is 19.7 Å². The van der Waals surface area contributed by atoms with Gasteiger partial charge in [-0.1, -0.05) is 0 Å². The fourth-order valence-electron chi connectivity index (χ4n) is 2.54. The van der Waals surface area contributed by atoms with E-state index < -0.39 is 67.0 Å². The molecule has 2 saturated heterocycles. The molecule has 0 aromatic rings. The smallest absolute Gasteiger partial charge is 0.335 e. The van der Waals surface area contributed by atoms with Gasteiger partial charge in [-0.25, -0.2) is 4.79 Å². The Hall–Kier alpha value is -0.890. The number of hydrogen-bond donors (Lipinski definition) is 8. The van der Waals surface area contributed by atoms with Gasteiger partial charge in [0.2, 0.25) is 0 Å². The minimum Gasteiger partial charge on any atom is -0.479 e. The van der Waals surface area contributed by atoms with Crippen LogP contribution in [0.2, 0.25) is 0 Å². The molecule has 0 saturated carbocycles. The van der Waals surface area contributed by atoms with Gasteiger partial charge in [0, 0.05) is 0 Å². The first kappa shape index (κ1) is 22.2. The van der Waals surface area contributed by atoms with E-state index in [0.717, 1.165) is 0 Å². The van der Waals surface area contributed by atoms with Crippen LogP contribution in [0.5, 0.6) is 0 Å². The number of ether oxygens (including phenoxy) is 2. The standard InChI is InChI=1S/C7H12O6.C7H14O5/c1-2-3(8)4(9)5(10)6(13-2)7(11)12;1-3-5(9)7(11)6(10)4(2-8)12-3/h2-6,8-10H,1H3,(H,11,12);3-11H,2H2,1H3. The normalized spacial score (nSPS) is 47.6. The Morgan fingerprint density at radius 3 is 1.64 bits per heavy atom. The van der Waals surface area contributed by atoms with Crippen LogP contribution in [0.25, 0.3) is 0 Å². The largest absolute Gasteiger partial charge is 0.479 e. The summed E-state index contributed by atoms with van der Waals surface area (Å²) in [5, 5.41) is 72.5. The topological polar surface area (TPSA) is 197 Å². The van der Waals surface area contributed by atoms with Gasteiger partial charge in [0.05, 0.1) is 18.8 Å². The maximum Gasteiger partial charge on any atom is 0.335 e. The highest BCUT2D eigenvalue weighted by Crippen LogP contribution is 2.21. The summed E-state index contributed by atoms with van der Waals surface area (Å²) in [6.07, 6.45) is -11.6. The van der Waals surface area contributed by atoms with Crippen LogP contribution in [0.1, 0.15) is 13.8 Å². The van der Waals surface area contributed by atoms with Gasteiger partial charge in [0.1, 0.15) is 42.7 Å². The van der Waals surface area contributed by atoms with Crippen molar-refractivity contribution in [1.82, 2.24) is 0 Å². The summed E-state index contributed by atoms with van der Waals surface area (Å²) in [5.74, 6) is -1.36. The highest BCUT2D eigenvalue weighted by Gasteiger charge is 2.45. The lowest BCUT2D eigenvalue weighted by atomic mass is 9.96. The lowest BCUT2D eigenvalue weighted by molar-refractivity contribution is -0.224. The molecular formula is C14H26O11. The fraction of sp³-hybridized carbons (Fsp3) is 0.929. The summed E-state index contributed by atoms with van der Waals surface area (Å²) in [5.41, 5.74) is 0. The molecule has 8 N–H and O–H groups in total. The van der Waals surface area contributed by atoms with Crippen LogP contribution < -0.4 is 0 Å². The molecule has 11 heteroatoms. The van der Waals surface area contributed by atoms with Crippen molar-refractivity contribution >= 4 is 5.97 Å². The van der Waals surface area contributed by atoms with E-state index >= 15 is 0 Å². The molecule has 0 spiro atoms. The van der Waals surface area contributed by atoms with Crippen molar-refractivity contribution in [3.05, 3.63) is 0 Å². The average molecular weight is 370 g/mol. The van der Waals surface area contributed by atoms with Gasteiger partial charge in [-0.15, -0.1) is 0 Å². The van der Waals surface area contributed by atoms with Crippen molar-refractivity contribution in [2.45, 2.75) is 74.9 Å². The number of rotatable bonds is 2. The third kappa shape index (κ3) is 5.06. The van der Waals surface area contributed by atoms with Crippen LogP contribution >= 0.6 is 0 Å². The minimum absolute atomic E-state index is 0.366. The monoisotopic (exact) mass is 370 g/mol. The first-order valence-electron chi connectivity index (χ1n) is 7.75. The maximum absolute atomic E-state index is 10.5. The van der Waals surface area contributed by atoms with Crippen LogP contribution in [-0.4, -0.2) is 114 Å². The molecule has 2 rings (SSSR count). The number of hydrogen-bond acceptors (Lipinski definition) is 10. The molecule has 0 radical (unpaired) electrons. The Morgan fingerprint density at radius 1 is 0.760 bits per heavy atom. The molecule has 148 valence electrons.